The molecule has 1 aliphatic rings. The number of aliphatic carboxylic acids is 1. The molecule has 1 rings (SSSR count). The van der Waals surface area contributed by atoms with Crippen LogP contribution in [0.3, 0.4) is 0 Å². The van der Waals surface area contributed by atoms with Crippen LogP contribution in [0.2, 0.25) is 0 Å². The van der Waals surface area contributed by atoms with Gasteiger partial charge in [0, 0.05) is 19.6 Å². The molecule has 0 radical (unpaired) electrons. The van der Waals surface area contributed by atoms with E-state index in [-0.39, 0.29) is 18.5 Å². The Morgan fingerprint density at radius 2 is 2.11 bits per heavy atom. The number of carboxylic acids is 1. The summed E-state index contributed by atoms with van der Waals surface area (Å²) in [4.78, 5) is 25.7. The van der Waals surface area contributed by atoms with Crippen molar-refractivity contribution in [3.05, 3.63) is 0 Å². The molecule has 0 aliphatic carbocycles. The SMILES string of the molecule is CCCN(CC(=O)O)C(=O)N1CCC(C)C(O)C1. The summed E-state index contributed by atoms with van der Waals surface area (Å²) < 4.78 is 0. The summed E-state index contributed by atoms with van der Waals surface area (Å²) in [6.07, 6.45) is 0.946. The number of amides is 2. The Kier molecular flexibility index (Phi) is 5.40. The number of rotatable bonds is 4. The maximum atomic E-state index is 12.2. The van der Waals surface area contributed by atoms with Crippen molar-refractivity contribution in [2.24, 2.45) is 5.92 Å². The number of aliphatic hydroxyl groups is 1. The standard InChI is InChI=1S/C12H22N2O4/c1-3-5-13(8-11(16)17)12(18)14-6-4-9(2)10(15)7-14/h9-10,15H,3-8H2,1-2H3,(H,16,17). The Labute approximate surface area is 107 Å². The van der Waals surface area contributed by atoms with Crippen molar-refractivity contribution < 1.29 is 19.8 Å². The fourth-order valence-corrected chi connectivity index (χ4v) is 2.10. The van der Waals surface area contributed by atoms with E-state index in [1.807, 2.05) is 13.8 Å². The van der Waals surface area contributed by atoms with Crippen LogP contribution in [0.25, 0.3) is 0 Å². The third kappa shape index (κ3) is 3.87. The monoisotopic (exact) mass is 258 g/mol. The first kappa shape index (κ1) is 14.8. The number of nitrogens with zero attached hydrogens (tertiary/aromatic N) is 2. The molecule has 0 spiro atoms. The quantitative estimate of drug-likeness (QED) is 0.774. The highest BCUT2D eigenvalue weighted by atomic mass is 16.4. The van der Waals surface area contributed by atoms with Gasteiger partial charge in [-0.2, -0.15) is 0 Å². The lowest BCUT2D eigenvalue weighted by molar-refractivity contribution is -0.137. The molecule has 6 nitrogen and oxygen atoms in total. The molecule has 0 aromatic carbocycles. The van der Waals surface area contributed by atoms with Gasteiger partial charge in [0.05, 0.1) is 6.10 Å². The number of urea groups is 1. The number of carbonyl (C=O) groups excluding carboxylic acids is 1. The van der Waals surface area contributed by atoms with Crippen molar-refractivity contribution in [1.29, 1.82) is 0 Å². The minimum atomic E-state index is -1.01. The summed E-state index contributed by atoms with van der Waals surface area (Å²) in [5, 5.41) is 18.6. The maximum Gasteiger partial charge on any atom is 0.323 e. The van der Waals surface area contributed by atoms with Crippen molar-refractivity contribution in [3.63, 3.8) is 0 Å². The largest absolute Gasteiger partial charge is 0.480 e. The molecule has 1 aliphatic heterocycles. The van der Waals surface area contributed by atoms with Gasteiger partial charge in [0.2, 0.25) is 0 Å². The van der Waals surface area contributed by atoms with Gasteiger partial charge in [0.1, 0.15) is 6.54 Å². The number of hydrogen-bond donors (Lipinski definition) is 2. The molecule has 2 unspecified atom stereocenters. The Hall–Kier alpha value is -1.30. The first-order valence-electron chi connectivity index (χ1n) is 6.39. The molecular formula is C12H22N2O4. The third-order valence-electron chi connectivity index (χ3n) is 3.28. The van der Waals surface area contributed by atoms with E-state index in [0.717, 1.165) is 6.42 Å². The van der Waals surface area contributed by atoms with Crippen LogP contribution in [0.1, 0.15) is 26.7 Å². The Morgan fingerprint density at radius 3 is 2.61 bits per heavy atom. The van der Waals surface area contributed by atoms with Crippen molar-refractivity contribution in [1.82, 2.24) is 9.80 Å². The van der Waals surface area contributed by atoms with Crippen LogP contribution in [0.4, 0.5) is 4.79 Å². The summed E-state index contributed by atoms with van der Waals surface area (Å²) >= 11 is 0. The Balaban J connectivity index is 2.62. The van der Waals surface area contributed by atoms with Crippen LogP contribution in [0.15, 0.2) is 0 Å². The van der Waals surface area contributed by atoms with Gasteiger partial charge in [-0.15, -0.1) is 0 Å². The second-order valence-electron chi connectivity index (χ2n) is 4.88. The summed E-state index contributed by atoms with van der Waals surface area (Å²) in [5.74, 6) is -0.823. The van der Waals surface area contributed by atoms with E-state index in [2.05, 4.69) is 0 Å². The topological polar surface area (TPSA) is 81.1 Å². The van der Waals surface area contributed by atoms with E-state index in [0.29, 0.717) is 26.1 Å². The minimum Gasteiger partial charge on any atom is -0.480 e. The molecule has 1 heterocycles. The zero-order valence-electron chi connectivity index (χ0n) is 11.0. The summed E-state index contributed by atoms with van der Waals surface area (Å²) in [5.41, 5.74) is 0. The lowest BCUT2D eigenvalue weighted by atomic mass is 9.96. The van der Waals surface area contributed by atoms with Gasteiger partial charge in [-0.3, -0.25) is 4.79 Å². The number of hydrogen-bond acceptors (Lipinski definition) is 3. The molecule has 2 amide bonds. The number of β-amino-alcohol motifs (C(OH)–C–C–N with tert-alkyl or cyclic N) is 1. The predicted molar refractivity (Wildman–Crippen MR) is 66.3 cm³/mol. The second kappa shape index (κ2) is 6.58. The lowest BCUT2D eigenvalue weighted by Gasteiger charge is -2.37. The van der Waals surface area contributed by atoms with E-state index in [9.17, 15) is 14.7 Å². The van der Waals surface area contributed by atoms with Crippen LogP contribution in [0, 0.1) is 5.92 Å². The van der Waals surface area contributed by atoms with Crippen LogP contribution >= 0.6 is 0 Å². The van der Waals surface area contributed by atoms with Crippen molar-refractivity contribution >= 4 is 12.0 Å². The van der Waals surface area contributed by atoms with Crippen molar-refractivity contribution in [2.75, 3.05) is 26.2 Å². The maximum absolute atomic E-state index is 12.2. The predicted octanol–water partition coefficient (Wildman–Crippen LogP) is 0.606. The number of piperidine rings is 1. The minimum absolute atomic E-state index is 0.188. The first-order valence-corrected chi connectivity index (χ1v) is 6.39. The average Bonchev–Trinajstić information content (AvgIpc) is 2.31. The first-order chi connectivity index (χ1) is 8.45. The molecule has 0 aromatic heterocycles. The molecule has 0 aromatic rings. The average molecular weight is 258 g/mol. The van der Waals surface area contributed by atoms with Crippen LogP contribution < -0.4 is 0 Å². The van der Waals surface area contributed by atoms with Gasteiger partial charge in [0.25, 0.3) is 0 Å². The fraction of sp³-hybridized carbons (Fsp3) is 0.833. The van der Waals surface area contributed by atoms with Crippen molar-refractivity contribution in [3.8, 4) is 0 Å². The molecule has 18 heavy (non-hydrogen) atoms. The van der Waals surface area contributed by atoms with Gasteiger partial charge < -0.3 is 20.0 Å². The van der Waals surface area contributed by atoms with E-state index in [4.69, 9.17) is 5.11 Å². The lowest BCUT2D eigenvalue weighted by Crippen LogP contribution is -2.52. The van der Waals surface area contributed by atoms with E-state index < -0.39 is 12.1 Å². The van der Waals surface area contributed by atoms with E-state index in [1.165, 1.54) is 4.90 Å². The zero-order valence-corrected chi connectivity index (χ0v) is 11.0. The van der Waals surface area contributed by atoms with Gasteiger partial charge in [-0.25, -0.2) is 4.79 Å². The molecule has 1 saturated heterocycles. The Bertz CT molecular complexity index is 308. The molecular weight excluding hydrogens is 236 g/mol. The van der Waals surface area contributed by atoms with Gasteiger partial charge in [0.15, 0.2) is 0 Å². The summed E-state index contributed by atoms with van der Waals surface area (Å²) in [6, 6.07) is -0.287. The van der Waals surface area contributed by atoms with Gasteiger partial charge >= 0.3 is 12.0 Å². The molecule has 2 atom stereocenters. The fourth-order valence-electron chi connectivity index (χ4n) is 2.10. The zero-order chi connectivity index (χ0) is 13.7. The van der Waals surface area contributed by atoms with E-state index >= 15 is 0 Å². The molecule has 104 valence electrons. The second-order valence-corrected chi connectivity index (χ2v) is 4.88. The van der Waals surface area contributed by atoms with Crippen LogP contribution in [-0.4, -0.2) is 64.3 Å². The number of likely N-dealkylation sites (tertiary alicyclic amines) is 1. The highest BCUT2D eigenvalue weighted by Gasteiger charge is 2.30. The smallest absolute Gasteiger partial charge is 0.323 e. The van der Waals surface area contributed by atoms with Crippen LogP contribution in [0.5, 0.6) is 0 Å². The summed E-state index contributed by atoms with van der Waals surface area (Å²) in [7, 11) is 0. The van der Waals surface area contributed by atoms with Gasteiger partial charge in [-0.05, 0) is 18.8 Å². The number of carboxylic acid groups (broad SMARTS) is 1. The van der Waals surface area contributed by atoms with Gasteiger partial charge in [-0.1, -0.05) is 13.8 Å². The van der Waals surface area contributed by atoms with Crippen molar-refractivity contribution in [2.45, 2.75) is 32.8 Å². The number of aliphatic hydroxyl groups excluding tert-OH is 1. The van der Waals surface area contributed by atoms with Crippen LogP contribution in [-0.2, 0) is 4.79 Å². The molecule has 2 N–H and O–H groups in total. The molecule has 0 saturated carbocycles. The highest BCUT2D eigenvalue weighted by molar-refractivity contribution is 5.80. The number of carbonyl (C=O) groups is 2. The summed E-state index contributed by atoms with van der Waals surface area (Å²) in [6.45, 7) is 4.86. The highest BCUT2D eigenvalue weighted by Crippen LogP contribution is 2.18. The molecule has 6 heteroatoms. The van der Waals surface area contributed by atoms with E-state index in [1.54, 1.807) is 4.90 Å². The molecule has 1 fully saturated rings. The normalized spacial score (nSPS) is 23.8. The molecule has 0 bridgehead atoms. The third-order valence-corrected chi connectivity index (χ3v) is 3.28. The Morgan fingerprint density at radius 1 is 1.44 bits per heavy atom.